The molecule has 0 aliphatic carbocycles. The summed E-state index contributed by atoms with van der Waals surface area (Å²) >= 11 is 0. The first-order chi connectivity index (χ1) is 13.9. The molecule has 2 fully saturated rings. The van der Waals surface area contributed by atoms with Crippen LogP contribution < -0.4 is 5.32 Å². The molecule has 5 heteroatoms. The molecule has 2 aliphatic heterocycles. The lowest BCUT2D eigenvalue weighted by atomic mass is 9.88. The van der Waals surface area contributed by atoms with Gasteiger partial charge in [-0.3, -0.25) is 14.5 Å². The molecule has 1 N–H and O–H groups in total. The molecular weight excluding hydrogens is 364 g/mol. The number of Topliss-reactive ketones (excluding diaryl/α,β-unsaturated/α-hetero) is 1. The summed E-state index contributed by atoms with van der Waals surface area (Å²) in [5.74, 6) is 0.984. The van der Waals surface area contributed by atoms with Crippen LogP contribution in [0.15, 0.2) is 24.3 Å². The number of ketones is 1. The van der Waals surface area contributed by atoms with Crippen molar-refractivity contribution < 1.29 is 14.3 Å². The second-order valence-corrected chi connectivity index (χ2v) is 9.03. The number of amides is 1. The van der Waals surface area contributed by atoms with Gasteiger partial charge in [-0.2, -0.15) is 0 Å². The Labute approximate surface area is 175 Å². The molecule has 0 unspecified atom stereocenters. The van der Waals surface area contributed by atoms with Gasteiger partial charge in [0.05, 0.1) is 12.1 Å². The monoisotopic (exact) mass is 400 g/mol. The summed E-state index contributed by atoms with van der Waals surface area (Å²) in [4.78, 5) is 27.5. The van der Waals surface area contributed by atoms with Gasteiger partial charge in [0, 0.05) is 24.6 Å². The number of hydrogen-bond donors (Lipinski definition) is 1. The van der Waals surface area contributed by atoms with Gasteiger partial charge >= 0.3 is 0 Å². The first kappa shape index (κ1) is 22.0. The van der Waals surface area contributed by atoms with Gasteiger partial charge in [-0.1, -0.05) is 38.1 Å². The van der Waals surface area contributed by atoms with E-state index in [0.717, 1.165) is 57.4 Å². The Morgan fingerprint density at radius 1 is 1.10 bits per heavy atom. The molecule has 1 amide bonds. The van der Waals surface area contributed by atoms with Crippen molar-refractivity contribution in [1.29, 1.82) is 0 Å². The number of benzene rings is 1. The zero-order valence-electron chi connectivity index (χ0n) is 18.2. The molecule has 2 heterocycles. The van der Waals surface area contributed by atoms with Gasteiger partial charge in [0.2, 0.25) is 5.91 Å². The fraction of sp³-hybridized carbons (Fsp3) is 0.667. The average Bonchev–Trinajstić information content (AvgIpc) is 3.25. The van der Waals surface area contributed by atoms with Crippen molar-refractivity contribution in [3.8, 4) is 0 Å². The second-order valence-electron chi connectivity index (χ2n) is 9.03. The smallest absolute Gasteiger partial charge is 0.237 e. The molecule has 29 heavy (non-hydrogen) atoms. The van der Waals surface area contributed by atoms with E-state index in [1.165, 1.54) is 5.56 Å². The van der Waals surface area contributed by atoms with Gasteiger partial charge in [0.1, 0.15) is 0 Å². The number of carbonyl (C=O) groups excluding carboxylic acids is 2. The molecule has 2 saturated heterocycles. The number of nitrogens with zero attached hydrogens (tertiary/aromatic N) is 1. The van der Waals surface area contributed by atoms with Gasteiger partial charge in [-0.05, 0) is 63.6 Å². The lowest BCUT2D eigenvalue weighted by Gasteiger charge is -2.35. The fourth-order valence-electron chi connectivity index (χ4n) is 4.39. The van der Waals surface area contributed by atoms with E-state index in [1.54, 1.807) is 0 Å². The summed E-state index contributed by atoms with van der Waals surface area (Å²) in [6.45, 7) is 9.35. The van der Waals surface area contributed by atoms with Gasteiger partial charge in [-0.15, -0.1) is 0 Å². The van der Waals surface area contributed by atoms with Crippen molar-refractivity contribution >= 4 is 11.7 Å². The summed E-state index contributed by atoms with van der Waals surface area (Å²) in [6.07, 6.45) is 4.95. The molecular formula is C24H36N2O3. The highest BCUT2D eigenvalue weighted by molar-refractivity contribution is 5.98. The molecule has 2 atom stereocenters. The van der Waals surface area contributed by atoms with Crippen molar-refractivity contribution in [2.75, 3.05) is 26.2 Å². The number of piperidine rings is 1. The normalized spacial score (nSPS) is 22.0. The minimum Gasteiger partial charge on any atom is -0.376 e. The highest BCUT2D eigenvalue weighted by atomic mass is 16.5. The Kier molecular flexibility index (Phi) is 7.84. The van der Waals surface area contributed by atoms with Crippen LogP contribution >= 0.6 is 0 Å². The van der Waals surface area contributed by atoms with Crippen molar-refractivity contribution in [2.24, 2.45) is 11.8 Å². The largest absolute Gasteiger partial charge is 0.376 e. The predicted octanol–water partition coefficient (Wildman–Crippen LogP) is 3.46. The second kappa shape index (κ2) is 10.4. The van der Waals surface area contributed by atoms with Crippen LogP contribution in [0.25, 0.3) is 0 Å². The van der Waals surface area contributed by atoms with E-state index in [-0.39, 0.29) is 29.8 Å². The Bertz CT molecular complexity index is 672. The lowest BCUT2D eigenvalue weighted by molar-refractivity contribution is -0.126. The van der Waals surface area contributed by atoms with Crippen molar-refractivity contribution in [2.45, 2.75) is 65.0 Å². The average molecular weight is 401 g/mol. The molecule has 0 aromatic heterocycles. The molecule has 160 valence electrons. The Morgan fingerprint density at radius 3 is 2.38 bits per heavy atom. The Morgan fingerprint density at radius 2 is 1.79 bits per heavy atom. The molecule has 0 bridgehead atoms. The Hall–Kier alpha value is -1.72. The van der Waals surface area contributed by atoms with Crippen LogP contribution in [0.1, 0.15) is 62.4 Å². The zero-order valence-corrected chi connectivity index (χ0v) is 18.2. The highest BCUT2D eigenvalue weighted by Crippen LogP contribution is 2.24. The highest BCUT2D eigenvalue weighted by Gasteiger charge is 2.30. The van der Waals surface area contributed by atoms with E-state index in [2.05, 4.69) is 36.2 Å². The van der Waals surface area contributed by atoms with E-state index < -0.39 is 0 Å². The molecule has 1 aromatic rings. The molecule has 0 saturated carbocycles. The quantitative estimate of drug-likeness (QED) is 0.679. The molecule has 0 spiro atoms. The molecule has 2 aliphatic rings. The number of ether oxygens (including phenoxy) is 1. The van der Waals surface area contributed by atoms with Crippen LogP contribution in [0.3, 0.4) is 0 Å². The number of carbonyl (C=O) groups is 2. The number of likely N-dealkylation sites (tertiary alicyclic amines) is 1. The first-order valence-corrected chi connectivity index (χ1v) is 11.2. The van der Waals surface area contributed by atoms with E-state index >= 15 is 0 Å². The topological polar surface area (TPSA) is 58.6 Å². The van der Waals surface area contributed by atoms with Crippen molar-refractivity contribution in [3.63, 3.8) is 0 Å². The first-order valence-electron chi connectivity index (χ1n) is 11.2. The maximum Gasteiger partial charge on any atom is 0.237 e. The zero-order chi connectivity index (χ0) is 20.8. The van der Waals surface area contributed by atoms with E-state index in [1.807, 2.05) is 19.1 Å². The summed E-state index contributed by atoms with van der Waals surface area (Å²) in [7, 11) is 0. The van der Waals surface area contributed by atoms with Gasteiger partial charge < -0.3 is 10.1 Å². The molecule has 1 aromatic carbocycles. The summed E-state index contributed by atoms with van der Waals surface area (Å²) in [6, 6.07) is 7.97. The van der Waals surface area contributed by atoms with Crippen LogP contribution in [0.5, 0.6) is 0 Å². The summed E-state index contributed by atoms with van der Waals surface area (Å²) < 4.78 is 5.57. The lowest BCUT2D eigenvalue weighted by Crippen LogP contribution is -2.50. The molecule has 3 rings (SSSR count). The minimum atomic E-state index is -0.164. The van der Waals surface area contributed by atoms with Crippen LogP contribution in [0.4, 0.5) is 0 Å². The maximum atomic E-state index is 12.9. The number of nitrogens with one attached hydrogen (secondary N) is 1. The number of rotatable bonds is 8. The third kappa shape index (κ3) is 6.13. The fourth-order valence-corrected chi connectivity index (χ4v) is 4.39. The predicted molar refractivity (Wildman–Crippen MR) is 115 cm³/mol. The third-order valence-electron chi connectivity index (χ3n) is 6.24. The van der Waals surface area contributed by atoms with Crippen molar-refractivity contribution in [1.82, 2.24) is 10.2 Å². The standard InChI is InChI=1S/C24H36N2O3/c1-17(2)15-19-6-8-20(9-7-19)23(27)21-10-12-26(13-11-21)18(3)24(28)25-16-22-5-4-14-29-22/h6-9,17-18,21-22H,4-5,10-16H2,1-3H3,(H,25,28)/t18-,22+/m0/s1. The third-order valence-corrected chi connectivity index (χ3v) is 6.24. The van der Waals surface area contributed by atoms with Crippen LogP contribution in [0, 0.1) is 11.8 Å². The van der Waals surface area contributed by atoms with E-state index in [0.29, 0.717) is 12.5 Å². The maximum absolute atomic E-state index is 12.9. The van der Waals surface area contributed by atoms with Crippen molar-refractivity contribution in [3.05, 3.63) is 35.4 Å². The molecule has 0 radical (unpaired) electrons. The summed E-state index contributed by atoms with van der Waals surface area (Å²) in [5.41, 5.74) is 2.10. The van der Waals surface area contributed by atoms with Crippen LogP contribution in [0.2, 0.25) is 0 Å². The summed E-state index contributed by atoms with van der Waals surface area (Å²) in [5, 5.41) is 3.03. The number of hydrogen-bond acceptors (Lipinski definition) is 4. The van der Waals surface area contributed by atoms with Gasteiger partial charge in [-0.25, -0.2) is 0 Å². The van der Waals surface area contributed by atoms with Crippen LogP contribution in [-0.4, -0.2) is 55.0 Å². The van der Waals surface area contributed by atoms with Gasteiger partial charge in [0.15, 0.2) is 5.78 Å². The molecule has 5 nitrogen and oxygen atoms in total. The van der Waals surface area contributed by atoms with E-state index in [4.69, 9.17) is 4.74 Å². The Balaban J connectivity index is 1.45. The van der Waals surface area contributed by atoms with E-state index in [9.17, 15) is 9.59 Å². The van der Waals surface area contributed by atoms with Gasteiger partial charge in [0.25, 0.3) is 0 Å². The SMILES string of the molecule is CC(C)Cc1ccc(C(=O)C2CCN([C@@H](C)C(=O)NC[C@H]3CCCO3)CC2)cc1. The minimum absolute atomic E-state index is 0.0596. The van der Waals surface area contributed by atoms with Crippen LogP contribution in [-0.2, 0) is 16.0 Å².